The first-order chi connectivity index (χ1) is 22.6. The van der Waals surface area contributed by atoms with Crippen LogP contribution in [0.1, 0.15) is 40.3 Å². The first-order valence-corrected chi connectivity index (χ1v) is 21.4. The van der Waals surface area contributed by atoms with Gasteiger partial charge < -0.3 is 4.57 Å². The molecule has 0 aliphatic rings. The Kier molecular flexibility index (Phi) is 12.7. The Morgan fingerprint density at radius 3 is 0.723 bits per heavy atom. The van der Waals surface area contributed by atoms with E-state index in [1.54, 1.807) is 0 Å². The Balaban J connectivity index is 0.000000193. The predicted molar refractivity (Wildman–Crippen MR) is 208 cm³/mol. The largest absolute Gasteiger partial charge is 0.323 e. The van der Waals surface area contributed by atoms with Crippen molar-refractivity contribution in [1.29, 1.82) is 0 Å². The van der Waals surface area contributed by atoms with E-state index in [1.165, 1.54) is 16.7 Å². The molecule has 0 saturated carbocycles. The molecule has 0 N–H and O–H groups in total. The molecule has 0 unspecified atom stereocenters. The van der Waals surface area contributed by atoms with Crippen LogP contribution in [0.3, 0.4) is 0 Å². The molecule has 6 aromatic rings. The van der Waals surface area contributed by atoms with Gasteiger partial charge in [-0.2, -0.15) is 0 Å². The molecular weight excluding hydrogens is 606 g/mol. The second-order valence-corrected chi connectivity index (χ2v) is 18.8. The zero-order valence-corrected chi connectivity index (χ0v) is 30.4. The second kappa shape index (κ2) is 16.7. The molecule has 0 heterocycles. The van der Waals surface area contributed by atoms with E-state index in [4.69, 9.17) is 0 Å². The summed E-state index contributed by atoms with van der Waals surface area (Å²) in [5, 5.41) is -0.628. The van der Waals surface area contributed by atoms with Crippen molar-refractivity contribution in [3.05, 3.63) is 215 Å². The fourth-order valence-corrected chi connectivity index (χ4v) is 8.60. The third-order valence-electron chi connectivity index (χ3n) is 8.44. The average Bonchev–Trinajstić information content (AvgIpc) is 3.10. The molecule has 0 spiro atoms. The van der Waals surface area contributed by atoms with Gasteiger partial charge in [-0.15, -0.1) is 7.92 Å². The van der Waals surface area contributed by atoms with Gasteiger partial charge in [0.1, 0.15) is 7.14 Å². The minimum Gasteiger partial charge on any atom is -0.323 e. The van der Waals surface area contributed by atoms with Gasteiger partial charge in [-0.05, 0) is 73.6 Å². The summed E-state index contributed by atoms with van der Waals surface area (Å²) in [6.07, 6.45) is 0. The van der Waals surface area contributed by atoms with E-state index in [0.29, 0.717) is 7.92 Å². The summed E-state index contributed by atoms with van der Waals surface area (Å²) in [6, 6.07) is 62.7. The third kappa shape index (κ3) is 8.48. The molecular formula is C44H48OP2. The Morgan fingerprint density at radius 1 is 0.383 bits per heavy atom. The lowest BCUT2D eigenvalue weighted by Gasteiger charge is -2.39. The standard InChI is InChI=1S/C21H21OP.C20H18.C3H9P/c1-23(2,22)21(18-12-6-3-7-13-18,19-14-8-4-9-15-19)20-16-10-5-11-17-20;1-20(17-11-5-2-6-12-17,18-13-7-3-8-14-18)19-15-9-4-10-16-19;1-4(2)3/h3-17H,1-2H3;2-16H,1H3;1-3H3. The van der Waals surface area contributed by atoms with Crippen molar-refractivity contribution < 1.29 is 4.57 Å². The maximum atomic E-state index is 13.6. The highest BCUT2D eigenvalue weighted by atomic mass is 31.2. The van der Waals surface area contributed by atoms with Crippen LogP contribution in [-0.4, -0.2) is 33.3 Å². The average molecular weight is 655 g/mol. The molecule has 0 radical (unpaired) electrons. The van der Waals surface area contributed by atoms with Gasteiger partial charge in [-0.25, -0.2) is 0 Å². The third-order valence-corrected chi connectivity index (χ3v) is 10.8. The smallest absolute Gasteiger partial charge is 0.100 e. The fourth-order valence-electron chi connectivity index (χ4n) is 6.29. The normalized spacial score (nSPS) is 11.5. The molecule has 0 amide bonds. The molecule has 6 rings (SSSR count). The van der Waals surface area contributed by atoms with Gasteiger partial charge in [0.05, 0.1) is 5.16 Å². The van der Waals surface area contributed by atoms with Crippen LogP contribution in [-0.2, 0) is 15.1 Å². The van der Waals surface area contributed by atoms with Crippen LogP contribution < -0.4 is 0 Å². The van der Waals surface area contributed by atoms with Crippen LogP contribution in [0.5, 0.6) is 0 Å². The van der Waals surface area contributed by atoms with Crippen molar-refractivity contribution in [2.75, 3.05) is 33.3 Å². The number of rotatable bonds is 7. The van der Waals surface area contributed by atoms with Crippen molar-refractivity contribution in [1.82, 2.24) is 0 Å². The van der Waals surface area contributed by atoms with Crippen molar-refractivity contribution in [3.8, 4) is 0 Å². The van der Waals surface area contributed by atoms with Crippen molar-refractivity contribution in [3.63, 3.8) is 0 Å². The first kappa shape index (κ1) is 35.8. The van der Waals surface area contributed by atoms with E-state index in [2.05, 4.69) is 154 Å². The molecule has 0 fully saturated rings. The van der Waals surface area contributed by atoms with Crippen molar-refractivity contribution in [2.24, 2.45) is 0 Å². The summed E-state index contributed by atoms with van der Waals surface area (Å²) in [5.41, 5.74) is 7.05. The van der Waals surface area contributed by atoms with E-state index >= 15 is 0 Å². The van der Waals surface area contributed by atoms with E-state index in [-0.39, 0.29) is 5.41 Å². The highest BCUT2D eigenvalue weighted by molar-refractivity contribution is 7.64. The quantitative estimate of drug-likeness (QED) is 0.124. The summed E-state index contributed by atoms with van der Waals surface area (Å²) in [7, 11) is -2.19. The lowest BCUT2D eigenvalue weighted by atomic mass is 9.71. The Bertz CT molecular complexity index is 1590. The van der Waals surface area contributed by atoms with Gasteiger partial charge in [0, 0.05) is 5.41 Å². The molecule has 0 bridgehead atoms. The molecule has 0 atom stereocenters. The van der Waals surface area contributed by atoms with Crippen molar-refractivity contribution >= 4 is 15.1 Å². The Hall–Kier alpha value is -4.02. The summed E-state index contributed by atoms with van der Waals surface area (Å²) in [6.45, 7) is 12.8. The lowest BCUT2D eigenvalue weighted by Crippen LogP contribution is -2.29. The highest BCUT2D eigenvalue weighted by Crippen LogP contribution is 2.64. The molecule has 6 aromatic carbocycles. The zero-order chi connectivity index (χ0) is 33.8. The summed E-state index contributed by atoms with van der Waals surface area (Å²) < 4.78 is 13.6. The summed E-state index contributed by atoms with van der Waals surface area (Å²) >= 11 is 0. The summed E-state index contributed by atoms with van der Waals surface area (Å²) in [5.74, 6) is 0. The second-order valence-electron chi connectivity index (χ2n) is 12.7. The van der Waals surface area contributed by atoms with Gasteiger partial charge >= 0.3 is 0 Å². The first-order valence-electron chi connectivity index (χ1n) is 16.1. The predicted octanol–water partition coefficient (Wildman–Crippen LogP) is 12.0. The molecule has 240 valence electrons. The van der Waals surface area contributed by atoms with Crippen LogP contribution in [0.4, 0.5) is 0 Å². The molecule has 0 aliphatic heterocycles. The Labute approximate surface area is 284 Å². The topological polar surface area (TPSA) is 17.1 Å². The number of hydrogen-bond acceptors (Lipinski definition) is 1. The van der Waals surface area contributed by atoms with Crippen LogP contribution in [0.15, 0.2) is 182 Å². The highest BCUT2D eigenvalue weighted by Gasteiger charge is 2.46. The van der Waals surface area contributed by atoms with E-state index in [1.807, 2.05) is 67.9 Å². The maximum absolute atomic E-state index is 13.6. The maximum Gasteiger partial charge on any atom is 0.100 e. The van der Waals surface area contributed by atoms with Crippen LogP contribution >= 0.6 is 15.1 Å². The van der Waals surface area contributed by atoms with Crippen LogP contribution in [0.2, 0.25) is 0 Å². The van der Waals surface area contributed by atoms with Gasteiger partial charge in [0.15, 0.2) is 0 Å². The SMILES string of the molecule is CC(c1ccccc1)(c1ccccc1)c1ccccc1.CP(C)(=O)C(c1ccccc1)(c1ccccc1)c1ccccc1.CP(C)C. The van der Waals surface area contributed by atoms with Crippen molar-refractivity contribution in [2.45, 2.75) is 17.5 Å². The van der Waals surface area contributed by atoms with Gasteiger partial charge in [-0.3, -0.25) is 0 Å². The Morgan fingerprint density at radius 2 is 0.553 bits per heavy atom. The molecule has 0 saturated heterocycles. The van der Waals surface area contributed by atoms with E-state index < -0.39 is 12.3 Å². The monoisotopic (exact) mass is 654 g/mol. The minimum atomic E-state index is -2.57. The number of hydrogen-bond donors (Lipinski definition) is 0. The van der Waals surface area contributed by atoms with E-state index in [0.717, 1.165) is 16.7 Å². The van der Waals surface area contributed by atoms with Crippen LogP contribution in [0.25, 0.3) is 0 Å². The summed E-state index contributed by atoms with van der Waals surface area (Å²) in [4.78, 5) is 0. The molecule has 0 aromatic heterocycles. The zero-order valence-electron chi connectivity index (χ0n) is 28.6. The van der Waals surface area contributed by atoms with E-state index in [9.17, 15) is 4.57 Å². The van der Waals surface area contributed by atoms with Crippen LogP contribution in [0, 0.1) is 0 Å². The minimum absolute atomic E-state index is 0.121. The molecule has 0 aliphatic carbocycles. The number of benzene rings is 6. The molecule has 1 nitrogen and oxygen atoms in total. The van der Waals surface area contributed by atoms with Gasteiger partial charge in [0.25, 0.3) is 0 Å². The fraction of sp³-hybridized carbons (Fsp3) is 0.182. The molecule has 47 heavy (non-hydrogen) atoms. The molecule has 3 heteroatoms. The lowest BCUT2D eigenvalue weighted by molar-refractivity contribution is 0.566. The van der Waals surface area contributed by atoms with Gasteiger partial charge in [-0.1, -0.05) is 182 Å². The van der Waals surface area contributed by atoms with Gasteiger partial charge in [0.2, 0.25) is 0 Å².